The second kappa shape index (κ2) is 7.24. The lowest BCUT2D eigenvalue weighted by molar-refractivity contribution is 0.129. The number of nitrogens with one attached hydrogen (secondary N) is 1. The third-order valence-electron chi connectivity index (χ3n) is 4.29. The van der Waals surface area contributed by atoms with Gasteiger partial charge in [0.05, 0.1) is 0 Å². The molecule has 1 aromatic carbocycles. The highest BCUT2D eigenvalue weighted by Crippen LogP contribution is 2.34. The fourth-order valence-corrected chi connectivity index (χ4v) is 3.29. The minimum Gasteiger partial charge on any atom is -0.312 e. The summed E-state index contributed by atoms with van der Waals surface area (Å²) in [6, 6.07) is 12.8. The molecule has 2 heteroatoms. The largest absolute Gasteiger partial charge is 0.312 e. The van der Waals surface area contributed by atoms with E-state index in [9.17, 15) is 0 Å². The Kier molecular flexibility index (Phi) is 5.62. The summed E-state index contributed by atoms with van der Waals surface area (Å²) < 4.78 is 0. The molecule has 1 aliphatic carbocycles. The summed E-state index contributed by atoms with van der Waals surface area (Å²) in [5.74, 6) is 0.734. The molecule has 112 valence electrons. The van der Waals surface area contributed by atoms with Gasteiger partial charge in [0.15, 0.2) is 0 Å². The van der Waals surface area contributed by atoms with Crippen LogP contribution in [-0.4, -0.2) is 30.6 Å². The maximum atomic E-state index is 3.56. The van der Waals surface area contributed by atoms with Crippen molar-refractivity contribution in [2.24, 2.45) is 5.92 Å². The molecule has 2 nitrogen and oxygen atoms in total. The van der Waals surface area contributed by atoms with E-state index in [-0.39, 0.29) is 0 Å². The highest BCUT2D eigenvalue weighted by Gasteiger charge is 2.36. The van der Waals surface area contributed by atoms with Crippen LogP contribution in [0.4, 0.5) is 0 Å². The fraction of sp³-hybridized carbons (Fsp3) is 0.667. The molecule has 1 saturated carbocycles. The van der Waals surface area contributed by atoms with Crippen molar-refractivity contribution in [3.8, 4) is 0 Å². The van der Waals surface area contributed by atoms with Crippen LogP contribution >= 0.6 is 0 Å². The molecule has 2 unspecified atom stereocenters. The standard InChI is InChI=1S/C18H30N2/c1-5-17(20(13-14(2)3)16-11-12-16)18(19-4)15-9-7-6-8-10-15/h6-10,14,16-19H,5,11-13H2,1-4H3. The number of benzene rings is 1. The van der Waals surface area contributed by atoms with Gasteiger partial charge in [0.2, 0.25) is 0 Å². The Labute approximate surface area is 124 Å². The molecule has 2 rings (SSSR count). The minimum atomic E-state index is 0.431. The SMILES string of the molecule is CCC(C(NC)c1ccccc1)N(CC(C)C)C1CC1. The normalized spacial score (nSPS) is 18.5. The average molecular weight is 274 g/mol. The molecule has 0 saturated heterocycles. The smallest absolute Gasteiger partial charge is 0.0475 e. The Balaban J connectivity index is 2.18. The van der Waals surface area contributed by atoms with Crippen LogP contribution < -0.4 is 5.32 Å². The highest BCUT2D eigenvalue weighted by atomic mass is 15.2. The first-order chi connectivity index (χ1) is 9.67. The van der Waals surface area contributed by atoms with E-state index in [4.69, 9.17) is 0 Å². The van der Waals surface area contributed by atoms with E-state index >= 15 is 0 Å². The van der Waals surface area contributed by atoms with Crippen molar-refractivity contribution in [1.29, 1.82) is 0 Å². The second-order valence-corrected chi connectivity index (χ2v) is 6.47. The van der Waals surface area contributed by atoms with E-state index in [0.717, 1.165) is 12.0 Å². The third kappa shape index (κ3) is 3.83. The van der Waals surface area contributed by atoms with Crippen molar-refractivity contribution in [2.45, 2.75) is 58.2 Å². The molecule has 0 amide bonds. The average Bonchev–Trinajstić information content (AvgIpc) is 3.27. The van der Waals surface area contributed by atoms with E-state index in [1.54, 1.807) is 0 Å². The lowest BCUT2D eigenvalue weighted by Crippen LogP contribution is -2.46. The van der Waals surface area contributed by atoms with Gasteiger partial charge >= 0.3 is 0 Å². The van der Waals surface area contributed by atoms with Crippen LogP contribution in [0.25, 0.3) is 0 Å². The maximum absolute atomic E-state index is 3.56. The lowest BCUT2D eigenvalue weighted by Gasteiger charge is -2.38. The summed E-state index contributed by atoms with van der Waals surface area (Å²) in [5, 5.41) is 3.56. The van der Waals surface area contributed by atoms with Crippen LogP contribution in [0.3, 0.4) is 0 Å². The summed E-state index contributed by atoms with van der Waals surface area (Å²) in [4.78, 5) is 2.76. The number of likely N-dealkylation sites (N-methyl/N-ethyl adjacent to an activating group) is 1. The molecule has 1 fully saturated rings. The quantitative estimate of drug-likeness (QED) is 0.774. The molecule has 0 aromatic heterocycles. The summed E-state index contributed by atoms with van der Waals surface area (Å²) in [5.41, 5.74) is 1.41. The topological polar surface area (TPSA) is 15.3 Å². The van der Waals surface area contributed by atoms with Gasteiger partial charge in [-0.25, -0.2) is 0 Å². The Hall–Kier alpha value is -0.860. The van der Waals surface area contributed by atoms with Crippen molar-refractivity contribution in [3.05, 3.63) is 35.9 Å². The maximum Gasteiger partial charge on any atom is 0.0475 e. The molecule has 20 heavy (non-hydrogen) atoms. The second-order valence-electron chi connectivity index (χ2n) is 6.47. The van der Waals surface area contributed by atoms with Crippen molar-refractivity contribution in [2.75, 3.05) is 13.6 Å². The minimum absolute atomic E-state index is 0.431. The molecule has 0 radical (unpaired) electrons. The number of hydrogen-bond acceptors (Lipinski definition) is 2. The van der Waals surface area contributed by atoms with Crippen molar-refractivity contribution in [3.63, 3.8) is 0 Å². The van der Waals surface area contributed by atoms with Crippen LogP contribution in [0.1, 0.15) is 51.6 Å². The van der Waals surface area contributed by atoms with E-state index < -0.39 is 0 Å². The molecular weight excluding hydrogens is 244 g/mol. The van der Waals surface area contributed by atoms with Gasteiger partial charge in [-0.15, -0.1) is 0 Å². The lowest BCUT2D eigenvalue weighted by atomic mass is 9.95. The summed E-state index contributed by atoms with van der Waals surface area (Å²) in [6.07, 6.45) is 3.96. The molecule has 0 aliphatic heterocycles. The molecule has 1 aromatic rings. The number of hydrogen-bond donors (Lipinski definition) is 1. The van der Waals surface area contributed by atoms with Gasteiger partial charge in [-0.3, -0.25) is 4.90 Å². The zero-order chi connectivity index (χ0) is 14.5. The zero-order valence-electron chi connectivity index (χ0n) is 13.5. The molecule has 0 heterocycles. The summed E-state index contributed by atoms with van der Waals surface area (Å²) >= 11 is 0. The summed E-state index contributed by atoms with van der Waals surface area (Å²) in [7, 11) is 2.10. The molecule has 0 spiro atoms. The number of rotatable bonds is 8. The molecule has 1 N–H and O–H groups in total. The van der Waals surface area contributed by atoms with Gasteiger partial charge < -0.3 is 5.32 Å². The Morgan fingerprint density at radius 3 is 2.30 bits per heavy atom. The van der Waals surface area contributed by atoms with E-state index in [1.807, 2.05) is 0 Å². The Bertz CT molecular complexity index is 384. The zero-order valence-corrected chi connectivity index (χ0v) is 13.5. The van der Waals surface area contributed by atoms with Gasteiger partial charge in [0, 0.05) is 24.7 Å². The van der Waals surface area contributed by atoms with Crippen molar-refractivity contribution < 1.29 is 0 Å². The predicted octanol–water partition coefficient (Wildman–Crippen LogP) is 3.85. The highest BCUT2D eigenvalue weighted by molar-refractivity contribution is 5.21. The Morgan fingerprint density at radius 1 is 1.20 bits per heavy atom. The van der Waals surface area contributed by atoms with Crippen molar-refractivity contribution in [1.82, 2.24) is 10.2 Å². The van der Waals surface area contributed by atoms with Crippen LogP contribution in [0.2, 0.25) is 0 Å². The molecular formula is C18H30N2. The molecule has 0 bridgehead atoms. The first-order valence-corrected chi connectivity index (χ1v) is 8.15. The fourth-order valence-electron chi connectivity index (χ4n) is 3.29. The Morgan fingerprint density at radius 2 is 1.85 bits per heavy atom. The molecule has 2 atom stereocenters. The summed E-state index contributed by atoms with van der Waals surface area (Å²) in [6.45, 7) is 8.21. The van der Waals surface area contributed by atoms with E-state index in [0.29, 0.717) is 12.1 Å². The van der Waals surface area contributed by atoms with E-state index in [1.165, 1.54) is 31.4 Å². The van der Waals surface area contributed by atoms with Gasteiger partial charge in [-0.05, 0) is 37.8 Å². The molecule has 1 aliphatic rings. The van der Waals surface area contributed by atoms with Crippen LogP contribution in [0.15, 0.2) is 30.3 Å². The monoisotopic (exact) mass is 274 g/mol. The van der Waals surface area contributed by atoms with E-state index in [2.05, 4.69) is 68.4 Å². The first-order valence-electron chi connectivity index (χ1n) is 8.15. The van der Waals surface area contributed by atoms with Gasteiger partial charge in [-0.2, -0.15) is 0 Å². The predicted molar refractivity (Wildman–Crippen MR) is 86.9 cm³/mol. The third-order valence-corrected chi connectivity index (χ3v) is 4.29. The van der Waals surface area contributed by atoms with Gasteiger partial charge in [-0.1, -0.05) is 51.1 Å². The first kappa shape index (κ1) is 15.5. The van der Waals surface area contributed by atoms with Gasteiger partial charge in [0.1, 0.15) is 0 Å². The van der Waals surface area contributed by atoms with Crippen LogP contribution in [-0.2, 0) is 0 Å². The van der Waals surface area contributed by atoms with Crippen LogP contribution in [0, 0.1) is 5.92 Å². The van der Waals surface area contributed by atoms with Crippen molar-refractivity contribution >= 4 is 0 Å². The van der Waals surface area contributed by atoms with Gasteiger partial charge in [0.25, 0.3) is 0 Å². The van der Waals surface area contributed by atoms with Crippen LogP contribution in [0.5, 0.6) is 0 Å². The number of nitrogens with zero attached hydrogens (tertiary/aromatic N) is 1.